The standard InChI is InChI=1S/C22H20ClFN6O4S/c1-3-10-29-20(13(2)25-21(32)15-6-4-5-7-17(15)24)27-28-22(29)35-12-19(31)26-18-11-14(30(33)34)8-9-16(18)23/h3-9,11,13H,1,10,12H2,2H3,(H,25,32)(H,26,31)/t13-/m1/s1. The number of nitro groups is 1. The molecule has 35 heavy (non-hydrogen) atoms. The molecule has 182 valence electrons. The number of hydrogen-bond donors (Lipinski definition) is 2. The van der Waals surface area contributed by atoms with Gasteiger partial charge in [-0.3, -0.25) is 19.7 Å². The van der Waals surface area contributed by atoms with Crippen LogP contribution in [0.15, 0.2) is 60.3 Å². The minimum atomic E-state index is -0.643. The Bertz CT molecular complexity index is 1280. The van der Waals surface area contributed by atoms with Crippen LogP contribution >= 0.6 is 23.4 Å². The third-order valence-corrected chi connectivity index (χ3v) is 5.97. The first-order chi connectivity index (χ1) is 16.7. The van der Waals surface area contributed by atoms with Crippen LogP contribution in [0.5, 0.6) is 0 Å². The van der Waals surface area contributed by atoms with Crippen LogP contribution in [0.3, 0.4) is 0 Å². The minimum Gasteiger partial charge on any atom is -0.342 e. The summed E-state index contributed by atoms with van der Waals surface area (Å²) < 4.78 is 15.6. The molecule has 1 aromatic heterocycles. The van der Waals surface area contributed by atoms with Gasteiger partial charge in [0, 0.05) is 18.7 Å². The lowest BCUT2D eigenvalue weighted by atomic mass is 10.2. The molecule has 0 radical (unpaired) electrons. The van der Waals surface area contributed by atoms with E-state index in [1.54, 1.807) is 23.6 Å². The number of nitrogens with zero attached hydrogens (tertiary/aromatic N) is 4. The summed E-state index contributed by atoms with van der Waals surface area (Å²) in [6, 6.07) is 8.72. The van der Waals surface area contributed by atoms with Crippen LogP contribution in [0.2, 0.25) is 5.02 Å². The van der Waals surface area contributed by atoms with Gasteiger partial charge in [-0.25, -0.2) is 4.39 Å². The molecule has 0 unspecified atom stereocenters. The molecule has 1 atom stereocenters. The fraction of sp³-hybridized carbons (Fsp3) is 0.182. The molecule has 2 amide bonds. The summed E-state index contributed by atoms with van der Waals surface area (Å²) in [6.07, 6.45) is 1.60. The zero-order valence-corrected chi connectivity index (χ0v) is 20.0. The highest BCUT2D eigenvalue weighted by atomic mass is 35.5. The van der Waals surface area contributed by atoms with Crippen LogP contribution in [0, 0.1) is 15.9 Å². The maximum atomic E-state index is 13.9. The van der Waals surface area contributed by atoms with Gasteiger partial charge < -0.3 is 15.2 Å². The number of thioether (sulfide) groups is 1. The SMILES string of the molecule is C=CCn1c(SCC(=O)Nc2cc([N+](=O)[O-])ccc2Cl)nnc1[C@@H](C)NC(=O)c1ccccc1F. The minimum absolute atomic E-state index is 0.0930. The Hall–Kier alpha value is -3.77. The predicted octanol–water partition coefficient (Wildman–Crippen LogP) is 4.39. The molecule has 13 heteroatoms. The first-order valence-electron chi connectivity index (χ1n) is 10.2. The predicted molar refractivity (Wildman–Crippen MR) is 130 cm³/mol. The third-order valence-electron chi connectivity index (χ3n) is 4.68. The van der Waals surface area contributed by atoms with Crippen molar-refractivity contribution in [1.29, 1.82) is 0 Å². The Labute approximate surface area is 208 Å². The Morgan fingerprint density at radius 3 is 2.74 bits per heavy atom. The van der Waals surface area contributed by atoms with E-state index in [9.17, 15) is 24.1 Å². The Balaban J connectivity index is 1.69. The number of benzene rings is 2. The van der Waals surface area contributed by atoms with Gasteiger partial charge in [-0.2, -0.15) is 0 Å². The molecule has 3 rings (SSSR count). The first kappa shape index (κ1) is 25.8. The number of aromatic nitrogens is 3. The van der Waals surface area contributed by atoms with E-state index in [1.165, 1.54) is 36.4 Å². The van der Waals surface area contributed by atoms with Crippen molar-refractivity contribution in [2.24, 2.45) is 0 Å². The van der Waals surface area contributed by atoms with Gasteiger partial charge in [0.05, 0.1) is 33.0 Å². The van der Waals surface area contributed by atoms with Crippen LogP contribution in [0.4, 0.5) is 15.8 Å². The van der Waals surface area contributed by atoms with Crippen molar-refractivity contribution in [2.75, 3.05) is 11.1 Å². The second-order valence-electron chi connectivity index (χ2n) is 7.17. The van der Waals surface area contributed by atoms with Crippen molar-refractivity contribution < 1.29 is 18.9 Å². The van der Waals surface area contributed by atoms with Crippen LogP contribution in [-0.4, -0.2) is 37.3 Å². The molecule has 0 bridgehead atoms. The topological polar surface area (TPSA) is 132 Å². The lowest BCUT2D eigenvalue weighted by molar-refractivity contribution is -0.384. The van der Waals surface area contributed by atoms with Gasteiger partial charge in [0.1, 0.15) is 5.82 Å². The molecule has 3 aromatic rings. The molecular formula is C22H20ClFN6O4S. The number of anilines is 1. The van der Waals surface area contributed by atoms with Gasteiger partial charge in [0.2, 0.25) is 5.91 Å². The molecule has 0 saturated heterocycles. The van der Waals surface area contributed by atoms with E-state index in [4.69, 9.17) is 11.6 Å². The molecule has 0 fully saturated rings. The van der Waals surface area contributed by atoms with Gasteiger partial charge >= 0.3 is 0 Å². The van der Waals surface area contributed by atoms with Crippen molar-refractivity contribution in [1.82, 2.24) is 20.1 Å². The second kappa shape index (κ2) is 11.6. The van der Waals surface area contributed by atoms with Gasteiger partial charge in [0.25, 0.3) is 11.6 Å². The molecular weight excluding hydrogens is 499 g/mol. The first-order valence-corrected chi connectivity index (χ1v) is 11.5. The summed E-state index contributed by atoms with van der Waals surface area (Å²) in [5, 5.41) is 24.9. The maximum absolute atomic E-state index is 13.9. The highest BCUT2D eigenvalue weighted by Crippen LogP contribution is 2.27. The monoisotopic (exact) mass is 518 g/mol. The average Bonchev–Trinajstić information content (AvgIpc) is 3.22. The van der Waals surface area contributed by atoms with E-state index in [0.29, 0.717) is 17.5 Å². The van der Waals surface area contributed by atoms with E-state index in [1.807, 2.05) is 0 Å². The van der Waals surface area contributed by atoms with Crippen molar-refractivity contribution in [3.8, 4) is 0 Å². The molecule has 0 aliphatic heterocycles. The zero-order chi connectivity index (χ0) is 25.5. The number of allylic oxidation sites excluding steroid dienone is 1. The smallest absolute Gasteiger partial charge is 0.271 e. The molecule has 1 heterocycles. The quantitative estimate of drug-likeness (QED) is 0.176. The Kier molecular flexibility index (Phi) is 8.55. The number of nitrogens with one attached hydrogen (secondary N) is 2. The van der Waals surface area contributed by atoms with Gasteiger partial charge in [-0.1, -0.05) is 41.6 Å². The molecule has 0 aliphatic carbocycles. The van der Waals surface area contributed by atoms with Gasteiger partial charge in [-0.15, -0.1) is 16.8 Å². The largest absolute Gasteiger partial charge is 0.342 e. The second-order valence-corrected chi connectivity index (χ2v) is 8.52. The summed E-state index contributed by atoms with van der Waals surface area (Å²) >= 11 is 7.09. The fourth-order valence-electron chi connectivity index (χ4n) is 3.05. The van der Waals surface area contributed by atoms with E-state index in [2.05, 4.69) is 27.4 Å². The summed E-state index contributed by atoms with van der Waals surface area (Å²) in [5.41, 5.74) is -0.191. The molecule has 2 N–H and O–H groups in total. The molecule has 0 spiro atoms. The van der Waals surface area contributed by atoms with Crippen molar-refractivity contribution in [3.05, 3.63) is 87.5 Å². The average molecular weight is 519 g/mol. The highest BCUT2D eigenvalue weighted by Gasteiger charge is 2.22. The summed E-state index contributed by atoms with van der Waals surface area (Å²) in [4.78, 5) is 35.3. The van der Waals surface area contributed by atoms with Crippen LogP contribution < -0.4 is 10.6 Å². The van der Waals surface area contributed by atoms with Crippen molar-refractivity contribution in [2.45, 2.75) is 24.7 Å². The van der Waals surface area contributed by atoms with Gasteiger partial charge in [-0.05, 0) is 25.1 Å². The fourth-order valence-corrected chi connectivity index (χ4v) is 3.97. The Morgan fingerprint density at radius 2 is 2.06 bits per heavy atom. The highest BCUT2D eigenvalue weighted by molar-refractivity contribution is 7.99. The molecule has 0 saturated carbocycles. The summed E-state index contributed by atoms with van der Waals surface area (Å²) in [5.74, 6) is -1.42. The lowest BCUT2D eigenvalue weighted by Gasteiger charge is -2.15. The number of nitro benzene ring substituents is 1. The number of halogens is 2. The molecule has 10 nitrogen and oxygen atoms in total. The summed E-state index contributed by atoms with van der Waals surface area (Å²) in [6.45, 7) is 5.68. The maximum Gasteiger partial charge on any atom is 0.271 e. The molecule has 0 aliphatic rings. The van der Waals surface area contributed by atoms with Crippen LogP contribution in [0.1, 0.15) is 29.1 Å². The number of hydrogen-bond acceptors (Lipinski definition) is 7. The summed E-state index contributed by atoms with van der Waals surface area (Å²) in [7, 11) is 0. The van der Waals surface area contributed by atoms with E-state index < -0.39 is 28.6 Å². The van der Waals surface area contributed by atoms with Crippen molar-refractivity contribution in [3.63, 3.8) is 0 Å². The van der Waals surface area contributed by atoms with Crippen LogP contribution in [0.25, 0.3) is 0 Å². The number of amides is 2. The number of carbonyl (C=O) groups excluding carboxylic acids is 2. The number of rotatable bonds is 10. The van der Waals surface area contributed by atoms with Gasteiger partial charge in [0.15, 0.2) is 11.0 Å². The lowest BCUT2D eigenvalue weighted by Crippen LogP contribution is -2.29. The van der Waals surface area contributed by atoms with E-state index in [-0.39, 0.29) is 27.7 Å². The normalized spacial score (nSPS) is 11.5. The van der Waals surface area contributed by atoms with E-state index in [0.717, 1.165) is 11.8 Å². The number of non-ortho nitro benzene ring substituents is 1. The van der Waals surface area contributed by atoms with Crippen molar-refractivity contribution >= 4 is 46.6 Å². The third kappa shape index (κ3) is 6.43. The number of carbonyl (C=O) groups is 2. The Morgan fingerprint density at radius 1 is 1.31 bits per heavy atom. The zero-order valence-electron chi connectivity index (χ0n) is 18.4. The van der Waals surface area contributed by atoms with E-state index >= 15 is 0 Å². The molecule has 2 aromatic carbocycles. The van der Waals surface area contributed by atoms with Crippen LogP contribution in [-0.2, 0) is 11.3 Å².